The van der Waals surface area contributed by atoms with Crippen molar-refractivity contribution >= 4 is 11.6 Å². The molecule has 2 rings (SSSR count). The average molecular weight is 269 g/mol. The van der Waals surface area contributed by atoms with Gasteiger partial charge in [0, 0.05) is 19.4 Å². The zero-order chi connectivity index (χ0) is 13.8. The van der Waals surface area contributed by atoms with E-state index in [2.05, 4.69) is 15.5 Å². The molecule has 102 valence electrons. The molecular weight excluding hydrogens is 256 g/mol. The van der Waals surface area contributed by atoms with Gasteiger partial charge in [0.1, 0.15) is 6.54 Å². The third-order valence-corrected chi connectivity index (χ3v) is 2.37. The van der Waals surface area contributed by atoms with E-state index in [9.17, 15) is 13.6 Å². The van der Waals surface area contributed by atoms with Gasteiger partial charge < -0.3 is 5.32 Å². The van der Waals surface area contributed by atoms with Crippen LogP contribution in [-0.2, 0) is 24.8 Å². The number of hydrogen-bond acceptors (Lipinski definition) is 3. The molecule has 19 heavy (non-hydrogen) atoms. The lowest BCUT2D eigenvalue weighted by Crippen LogP contribution is -2.13. The number of amides is 1. The van der Waals surface area contributed by atoms with Crippen LogP contribution in [0, 0.1) is 0 Å². The molecule has 8 heteroatoms. The fraction of sp³-hybridized carbons (Fsp3) is 0.364. The van der Waals surface area contributed by atoms with Crippen molar-refractivity contribution in [3.63, 3.8) is 0 Å². The number of nitrogens with one attached hydrogen (secondary N) is 1. The molecule has 2 aromatic heterocycles. The van der Waals surface area contributed by atoms with Crippen molar-refractivity contribution in [3.05, 3.63) is 30.4 Å². The first-order valence-corrected chi connectivity index (χ1v) is 5.61. The highest BCUT2D eigenvalue weighted by atomic mass is 19.3. The summed E-state index contributed by atoms with van der Waals surface area (Å²) in [5, 5.41) is 10.3. The van der Waals surface area contributed by atoms with E-state index < -0.39 is 13.0 Å². The number of alkyl halides is 2. The molecule has 0 saturated heterocycles. The Morgan fingerprint density at radius 3 is 2.79 bits per heavy atom. The summed E-state index contributed by atoms with van der Waals surface area (Å²) in [6, 6.07) is 0. The molecule has 0 atom stereocenters. The monoisotopic (exact) mass is 269 g/mol. The van der Waals surface area contributed by atoms with Gasteiger partial charge >= 0.3 is 0 Å². The van der Waals surface area contributed by atoms with Gasteiger partial charge in [-0.15, -0.1) is 0 Å². The van der Waals surface area contributed by atoms with Crippen molar-refractivity contribution in [2.24, 2.45) is 7.05 Å². The highest BCUT2D eigenvalue weighted by Crippen LogP contribution is 2.08. The fourth-order valence-corrected chi connectivity index (χ4v) is 1.62. The Morgan fingerprint density at radius 1 is 1.37 bits per heavy atom. The van der Waals surface area contributed by atoms with Gasteiger partial charge in [-0.3, -0.25) is 14.2 Å². The zero-order valence-electron chi connectivity index (χ0n) is 10.3. The van der Waals surface area contributed by atoms with E-state index in [0.29, 0.717) is 5.69 Å². The van der Waals surface area contributed by atoms with Crippen LogP contribution in [-0.4, -0.2) is 31.9 Å². The van der Waals surface area contributed by atoms with E-state index >= 15 is 0 Å². The molecule has 0 aliphatic carbocycles. The molecule has 1 N–H and O–H groups in total. The Morgan fingerprint density at radius 2 is 2.16 bits per heavy atom. The molecule has 0 unspecified atom stereocenters. The second kappa shape index (κ2) is 5.59. The van der Waals surface area contributed by atoms with Gasteiger partial charge in [0.2, 0.25) is 5.91 Å². The smallest absolute Gasteiger partial charge is 0.257 e. The van der Waals surface area contributed by atoms with Crippen molar-refractivity contribution in [2.45, 2.75) is 19.4 Å². The highest BCUT2D eigenvalue weighted by Gasteiger charge is 2.09. The molecule has 0 aromatic carbocycles. The molecule has 0 saturated carbocycles. The summed E-state index contributed by atoms with van der Waals surface area (Å²) in [5.74, 6) is -0.246. The number of carbonyl (C=O) groups excluding carboxylic acids is 1. The van der Waals surface area contributed by atoms with Crippen LogP contribution in [0.25, 0.3) is 0 Å². The number of nitrogens with zero attached hydrogens (tertiary/aromatic N) is 4. The van der Waals surface area contributed by atoms with E-state index in [1.54, 1.807) is 24.1 Å². The molecule has 0 fully saturated rings. The van der Waals surface area contributed by atoms with Crippen molar-refractivity contribution < 1.29 is 13.6 Å². The highest BCUT2D eigenvalue weighted by molar-refractivity contribution is 5.91. The van der Waals surface area contributed by atoms with E-state index in [1.807, 2.05) is 0 Å². The van der Waals surface area contributed by atoms with E-state index in [-0.39, 0.29) is 12.3 Å². The predicted molar refractivity (Wildman–Crippen MR) is 63.8 cm³/mol. The van der Waals surface area contributed by atoms with Crippen molar-refractivity contribution in [3.8, 4) is 0 Å². The molecule has 6 nitrogen and oxygen atoms in total. The number of hydrogen-bond donors (Lipinski definition) is 1. The lowest BCUT2D eigenvalue weighted by atomic mass is 10.2. The number of aryl methyl sites for hydroxylation is 1. The molecule has 1 amide bonds. The lowest BCUT2D eigenvalue weighted by molar-refractivity contribution is -0.115. The van der Waals surface area contributed by atoms with Crippen LogP contribution in [0.2, 0.25) is 0 Å². The van der Waals surface area contributed by atoms with Gasteiger partial charge in [0.05, 0.1) is 24.5 Å². The Kier molecular flexibility index (Phi) is 3.88. The molecular formula is C11H13F2N5O. The summed E-state index contributed by atoms with van der Waals surface area (Å²) >= 11 is 0. The number of halogens is 2. The maximum atomic E-state index is 12.1. The second-order valence-corrected chi connectivity index (χ2v) is 4.09. The van der Waals surface area contributed by atoms with Crippen LogP contribution >= 0.6 is 0 Å². The van der Waals surface area contributed by atoms with Crippen molar-refractivity contribution in [1.29, 1.82) is 0 Å². The maximum absolute atomic E-state index is 12.1. The Bertz CT molecular complexity index is 563. The van der Waals surface area contributed by atoms with Crippen molar-refractivity contribution in [2.75, 3.05) is 5.32 Å². The Hall–Kier alpha value is -2.25. The molecule has 2 aromatic rings. The molecule has 0 radical (unpaired) electrons. The van der Waals surface area contributed by atoms with E-state index in [4.69, 9.17) is 0 Å². The van der Waals surface area contributed by atoms with Crippen LogP contribution in [0.15, 0.2) is 24.8 Å². The van der Waals surface area contributed by atoms with Crippen LogP contribution in [0.5, 0.6) is 0 Å². The normalized spacial score (nSPS) is 10.9. The zero-order valence-corrected chi connectivity index (χ0v) is 10.3. The second-order valence-electron chi connectivity index (χ2n) is 4.09. The minimum absolute atomic E-state index is 0.174. The Balaban J connectivity index is 1.90. The molecule has 0 bridgehead atoms. The standard InChI is InChI=1S/C11H13F2N5O/c1-17-5-8(3-14-17)2-11(19)16-9-4-15-18(6-9)7-10(12)13/h3-6,10H,2,7H2,1H3,(H,16,19). The van der Waals surface area contributed by atoms with E-state index in [0.717, 1.165) is 10.2 Å². The summed E-state index contributed by atoms with van der Waals surface area (Å²) in [4.78, 5) is 11.7. The summed E-state index contributed by atoms with van der Waals surface area (Å²) in [5.41, 5.74) is 1.18. The summed E-state index contributed by atoms with van der Waals surface area (Å²) in [6.45, 7) is -0.488. The van der Waals surface area contributed by atoms with Crippen molar-refractivity contribution in [1.82, 2.24) is 19.6 Å². The number of rotatable bonds is 5. The first-order valence-electron chi connectivity index (χ1n) is 5.61. The first kappa shape index (κ1) is 13.2. The van der Waals surface area contributed by atoms with Crippen LogP contribution in [0.1, 0.15) is 5.56 Å². The predicted octanol–water partition coefficient (Wildman–Crippen LogP) is 1.06. The van der Waals surface area contributed by atoms with Crippen LogP contribution < -0.4 is 5.32 Å². The SMILES string of the molecule is Cn1cc(CC(=O)Nc2cnn(CC(F)F)c2)cn1. The van der Waals surface area contributed by atoms with Gasteiger partial charge in [-0.25, -0.2) is 8.78 Å². The quantitative estimate of drug-likeness (QED) is 0.882. The Labute approximate surface area is 108 Å². The molecule has 0 aliphatic heterocycles. The minimum Gasteiger partial charge on any atom is -0.323 e. The molecule has 2 heterocycles. The van der Waals surface area contributed by atoms with Crippen LogP contribution in [0.3, 0.4) is 0 Å². The fourth-order valence-electron chi connectivity index (χ4n) is 1.62. The van der Waals surface area contributed by atoms with Gasteiger partial charge in [0.15, 0.2) is 0 Å². The third-order valence-electron chi connectivity index (χ3n) is 2.37. The summed E-state index contributed by atoms with van der Waals surface area (Å²) in [7, 11) is 1.76. The minimum atomic E-state index is -2.47. The number of carbonyl (C=O) groups is 1. The van der Waals surface area contributed by atoms with Gasteiger partial charge in [-0.1, -0.05) is 0 Å². The lowest BCUT2D eigenvalue weighted by Gasteiger charge is -2.00. The van der Waals surface area contributed by atoms with Gasteiger partial charge in [-0.05, 0) is 5.56 Å². The number of anilines is 1. The average Bonchev–Trinajstić information content (AvgIpc) is 2.88. The summed E-state index contributed by atoms with van der Waals surface area (Å²) in [6.07, 6.45) is 3.74. The first-order chi connectivity index (χ1) is 9.02. The van der Waals surface area contributed by atoms with Gasteiger partial charge in [0.25, 0.3) is 6.43 Å². The molecule has 0 spiro atoms. The molecule has 0 aliphatic rings. The third kappa shape index (κ3) is 3.87. The topological polar surface area (TPSA) is 64.7 Å². The van der Waals surface area contributed by atoms with Gasteiger partial charge in [-0.2, -0.15) is 10.2 Å². The van der Waals surface area contributed by atoms with Crippen LogP contribution in [0.4, 0.5) is 14.5 Å². The number of aromatic nitrogens is 4. The van der Waals surface area contributed by atoms with E-state index in [1.165, 1.54) is 12.4 Å². The largest absolute Gasteiger partial charge is 0.323 e. The summed E-state index contributed by atoms with van der Waals surface area (Å²) < 4.78 is 26.9. The maximum Gasteiger partial charge on any atom is 0.257 e.